The first kappa shape index (κ1) is 20.8. The maximum atomic E-state index is 12.2. The number of amidine groups is 1. The lowest BCUT2D eigenvalue weighted by molar-refractivity contribution is -0.121. The molecule has 5 N–H and O–H groups in total. The number of carbonyl (C=O) groups is 2. The smallest absolute Gasteiger partial charge is 0.346 e. The fraction of sp³-hybridized carbons (Fsp3) is 0.294. The Morgan fingerprint density at radius 2 is 2.07 bits per heavy atom. The van der Waals surface area contributed by atoms with Crippen molar-refractivity contribution < 1.29 is 24.2 Å². The molecule has 2 aromatic rings. The van der Waals surface area contributed by atoms with E-state index >= 15 is 0 Å². The van der Waals surface area contributed by atoms with Crippen LogP contribution in [-0.2, 0) is 9.59 Å². The summed E-state index contributed by atoms with van der Waals surface area (Å²) in [6, 6.07) is 4.65. The minimum atomic E-state index is -0.651. The average Bonchev–Trinajstić information content (AvgIpc) is 2.60. The summed E-state index contributed by atoms with van der Waals surface area (Å²) in [6.45, 7) is 1.61. The van der Waals surface area contributed by atoms with Crippen LogP contribution in [0.3, 0.4) is 0 Å². The van der Waals surface area contributed by atoms with Gasteiger partial charge >= 0.3 is 11.6 Å². The zero-order valence-corrected chi connectivity index (χ0v) is 16.1. The number of rotatable bonds is 8. The highest BCUT2D eigenvalue weighted by atomic mass is 35.5. The summed E-state index contributed by atoms with van der Waals surface area (Å²) in [5, 5.41) is 8.96. The molecular formula is C17H19ClN3O5S+. The fourth-order valence-electron chi connectivity index (χ4n) is 2.18. The number of thioether (sulfide) groups is 1. The summed E-state index contributed by atoms with van der Waals surface area (Å²) in [7, 11) is 0. The maximum Gasteiger partial charge on any atom is 0.346 e. The van der Waals surface area contributed by atoms with Crippen LogP contribution in [0, 0.1) is 0 Å². The molecule has 0 bridgehead atoms. The highest BCUT2D eigenvalue weighted by Crippen LogP contribution is 2.32. The van der Waals surface area contributed by atoms with Crippen molar-refractivity contribution in [1.82, 2.24) is 0 Å². The monoisotopic (exact) mass is 412 g/mol. The summed E-state index contributed by atoms with van der Waals surface area (Å²) in [5.41, 5.74) is 5.09. The molecule has 1 aromatic carbocycles. The van der Waals surface area contributed by atoms with E-state index in [1.165, 1.54) is 24.8 Å². The number of fused-ring (bicyclic) bond motifs is 1. The topological polar surface area (TPSA) is 137 Å². The van der Waals surface area contributed by atoms with Crippen LogP contribution in [0.5, 0.6) is 5.95 Å². The second-order valence-corrected chi connectivity index (χ2v) is 7.15. The van der Waals surface area contributed by atoms with Crippen LogP contribution >= 0.6 is 23.4 Å². The number of ether oxygens (including phenoxy) is 1. The van der Waals surface area contributed by atoms with Crippen molar-refractivity contribution in [2.45, 2.75) is 19.8 Å². The third kappa shape index (κ3) is 6.00. The SMILES string of the molecule is CC(=O)CCC(=O)Nc1ccc2c(Cl)c(OCCSC(N)=[NH2+])oc(=O)c2c1. The van der Waals surface area contributed by atoms with Gasteiger partial charge < -0.3 is 19.3 Å². The van der Waals surface area contributed by atoms with Crippen LogP contribution in [0.2, 0.25) is 5.02 Å². The van der Waals surface area contributed by atoms with Gasteiger partial charge in [0.15, 0.2) is 0 Å². The van der Waals surface area contributed by atoms with E-state index in [1.54, 1.807) is 12.1 Å². The van der Waals surface area contributed by atoms with Crippen molar-refractivity contribution in [2.75, 3.05) is 17.7 Å². The van der Waals surface area contributed by atoms with Crippen molar-refractivity contribution in [3.05, 3.63) is 33.6 Å². The third-order valence-electron chi connectivity index (χ3n) is 3.41. The second-order valence-electron chi connectivity index (χ2n) is 5.60. The Morgan fingerprint density at radius 1 is 1.33 bits per heavy atom. The number of Topliss-reactive ketones (excluding diaryl/α,β-unsaturated/α-hetero) is 1. The highest BCUT2D eigenvalue weighted by molar-refractivity contribution is 8.13. The first-order valence-corrected chi connectivity index (χ1v) is 9.33. The predicted molar refractivity (Wildman–Crippen MR) is 105 cm³/mol. The summed E-state index contributed by atoms with van der Waals surface area (Å²) < 4.78 is 10.5. The van der Waals surface area contributed by atoms with Gasteiger partial charge in [-0.1, -0.05) is 17.7 Å². The molecule has 0 aliphatic carbocycles. The van der Waals surface area contributed by atoms with E-state index < -0.39 is 5.63 Å². The minimum absolute atomic E-state index is 0.0677. The zero-order valence-electron chi connectivity index (χ0n) is 14.5. The molecule has 0 saturated heterocycles. The molecule has 0 radical (unpaired) electrons. The molecule has 2 rings (SSSR count). The third-order valence-corrected chi connectivity index (χ3v) is 4.48. The maximum absolute atomic E-state index is 12.2. The number of nitrogens with two attached hydrogens (primary N) is 2. The van der Waals surface area contributed by atoms with Gasteiger partial charge in [0, 0.05) is 29.7 Å². The van der Waals surface area contributed by atoms with Crippen LogP contribution in [0.25, 0.3) is 10.8 Å². The number of hydrogen-bond acceptors (Lipinski definition) is 6. The van der Waals surface area contributed by atoms with Gasteiger partial charge in [-0.05, 0) is 30.8 Å². The normalized spacial score (nSPS) is 10.6. The molecule has 0 saturated carbocycles. The number of ketones is 1. The number of anilines is 1. The average molecular weight is 413 g/mol. The predicted octanol–water partition coefficient (Wildman–Crippen LogP) is 0.940. The van der Waals surface area contributed by atoms with Gasteiger partial charge in [0.2, 0.25) is 5.91 Å². The summed E-state index contributed by atoms with van der Waals surface area (Å²) in [4.78, 5) is 35.0. The number of halogens is 1. The summed E-state index contributed by atoms with van der Waals surface area (Å²) in [5.74, 6) is -0.0304. The molecule has 27 heavy (non-hydrogen) atoms. The van der Waals surface area contributed by atoms with Crippen LogP contribution in [0.4, 0.5) is 5.69 Å². The molecule has 1 heterocycles. The first-order valence-electron chi connectivity index (χ1n) is 7.97. The molecule has 0 fully saturated rings. The quantitative estimate of drug-likeness (QED) is 0.333. The summed E-state index contributed by atoms with van der Waals surface area (Å²) in [6.07, 6.45) is 0.220. The minimum Gasteiger partial charge on any atom is -0.463 e. The van der Waals surface area contributed by atoms with E-state index in [4.69, 9.17) is 31.9 Å². The molecule has 0 aliphatic heterocycles. The molecule has 0 unspecified atom stereocenters. The van der Waals surface area contributed by atoms with Gasteiger partial charge in [0.1, 0.15) is 17.4 Å². The zero-order chi connectivity index (χ0) is 20.0. The molecule has 10 heteroatoms. The molecule has 0 aliphatic rings. The Morgan fingerprint density at radius 3 is 2.74 bits per heavy atom. The molecular weight excluding hydrogens is 394 g/mol. The van der Waals surface area contributed by atoms with E-state index in [9.17, 15) is 14.4 Å². The fourth-order valence-corrected chi connectivity index (χ4v) is 2.84. The lowest BCUT2D eigenvalue weighted by Crippen LogP contribution is -2.43. The van der Waals surface area contributed by atoms with Gasteiger partial charge in [-0.25, -0.2) is 4.79 Å². The number of hydrogen-bond donors (Lipinski definition) is 3. The number of amides is 1. The Bertz CT molecular complexity index is 944. The van der Waals surface area contributed by atoms with Crippen molar-refractivity contribution in [3.8, 4) is 5.95 Å². The summed E-state index contributed by atoms with van der Waals surface area (Å²) >= 11 is 7.45. The van der Waals surface area contributed by atoms with Crippen LogP contribution in [-0.4, -0.2) is 29.2 Å². The number of benzene rings is 1. The Labute approximate surface area is 163 Å². The standard InChI is InChI=1S/C17H18ClN3O5S/c1-9(22)2-5-13(23)21-10-3-4-11-12(8-10)15(24)26-16(14(11)18)25-6-7-27-17(19)20/h3-4,8H,2,5-7H2,1H3,(H3,19,20)(H,21,23)/p+1. The number of carbonyl (C=O) groups excluding carboxylic acids is 2. The van der Waals surface area contributed by atoms with E-state index in [0.29, 0.717) is 16.8 Å². The van der Waals surface area contributed by atoms with Gasteiger partial charge in [-0.3, -0.25) is 15.9 Å². The lowest BCUT2D eigenvalue weighted by atomic mass is 10.1. The van der Waals surface area contributed by atoms with E-state index in [0.717, 1.165) is 0 Å². The lowest BCUT2D eigenvalue weighted by Gasteiger charge is -2.09. The van der Waals surface area contributed by atoms with Crippen molar-refractivity contribution in [2.24, 2.45) is 5.73 Å². The van der Waals surface area contributed by atoms with Gasteiger partial charge in [0.25, 0.3) is 5.17 Å². The Kier molecular flexibility index (Phi) is 7.26. The molecule has 1 aromatic heterocycles. The van der Waals surface area contributed by atoms with Gasteiger partial charge in [-0.2, -0.15) is 0 Å². The molecule has 0 atom stereocenters. The molecule has 0 spiro atoms. The Hall–Kier alpha value is -2.52. The van der Waals surface area contributed by atoms with Crippen molar-refractivity contribution in [1.29, 1.82) is 0 Å². The molecule has 144 valence electrons. The van der Waals surface area contributed by atoms with Crippen molar-refractivity contribution >= 4 is 56.7 Å². The Balaban J connectivity index is 2.17. The molecule has 8 nitrogen and oxygen atoms in total. The van der Waals surface area contributed by atoms with Crippen LogP contribution in [0.15, 0.2) is 27.4 Å². The molecule has 1 amide bonds. The van der Waals surface area contributed by atoms with E-state index in [1.807, 2.05) is 0 Å². The van der Waals surface area contributed by atoms with Gasteiger partial charge in [-0.15, -0.1) is 0 Å². The largest absolute Gasteiger partial charge is 0.463 e. The number of nitrogens with one attached hydrogen (secondary N) is 1. The highest BCUT2D eigenvalue weighted by Gasteiger charge is 2.15. The van der Waals surface area contributed by atoms with Crippen LogP contribution < -0.4 is 26.8 Å². The second kappa shape index (κ2) is 9.43. The van der Waals surface area contributed by atoms with Crippen molar-refractivity contribution in [3.63, 3.8) is 0 Å². The van der Waals surface area contributed by atoms with Crippen LogP contribution in [0.1, 0.15) is 19.8 Å². The van der Waals surface area contributed by atoms with E-state index in [-0.39, 0.29) is 52.7 Å². The first-order chi connectivity index (χ1) is 12.8. The van der Waals surface area contributed by atoms with Gasteiger partial charge in [0.05, 0.1) is 5.39 Å². The van der Waals surface area contributed by atoms with E-state index in [2.05, 4.69) is 5.32 Å².